The molecule has 2 saturated carbocycles. The summed E-state index contributed by atoms with van der Waals surface area (Å²) in [6.45, 7) is 9.28. The lowest BCUT2D eigenvalue weighted by Gasteiger charge is -2.45. The molecule has 0 saturated heterocycles. The van der Waals surface area contributed by atoms with Crippen LogP contribution in [0.2, 0.25) is 0 Å². The van der Waals surface area contributed by atoms with Gasteiger partial charge in [0.2, 0.25) is 0 Å². The fraction of sp³-hybridized carbons (Fsp3) is 1.00. The largest absolute Gasteiger partial charge is 0.393 e. The smallest absolute Gasteiger partial charge is 0.0664 e. The molecule has 5 unspecified atom stereocenters. The molecular formula is C19H36O3. The zero-order chi connectivity index (χ0) is 16.4. The quantitative estimate of drug-likeness (QED) is 0.749. The molecule has 22 heavy (non-hydrogen) atoms. The van der Waals surface area contributed by atoms with Gasteiger partial charge in [0.25, 0.3) is 0 Å². The second-order valence-corrected chi connectivity index (χ2v) is 8.01. The van der Waals surface area contributed by atoms with Gasteiger partial charge in [-0.25, -0.2) is 0 Å². The van der Waals surface area contributed by atoms with E-state index >= 15 is 0 Å². The normalized spacial score (nSPS) is 37.1. The third kappa shape index (κ3) is 3.52. The molecule has 130 valence electrons. The topological polar surface area (TPSA) is 49.7 Å². The lowest BCUT2D eigenvalue weighted by atomic mass is 9.63. The maximum Gasteiger partial charge on any atom is 0.0664 e. The van der Waals surface area contributed by atoms with Gasteiger partial charge in [-0.2, -0.15) is 0 Å². The summed E-state index contributed by atoms with van der Waals surface area (Å²) in [7, 11) is 0. The number of ether oxygens (including phenoxy) is 1. The molecule has 0 heterocycles. The molecule has 2 rings (SSSR count). The number of rotatable bonds is 7. The maximum atomic E-state index is 10.4. The highest BCUT2D eigenvalue weighted by atomic mass is 16.5. The number of fused-ring (bicyclic) bond motifs is 1. The average molecular weight is 312 g/mol. The van der Waals surface area contributed by atoms with Crippen molar-refractivity contribution in [3.8, 4) is 0 Å². The third-order valence-corrected chi connectivity index (χ3v) is 6.99. The summed E-state index contributed by atoms with van der Waals surface area (Å²) >= 11 is 0. The first-order chi connectivity index (χ1) is 10.4. The summed E-state index contributed by atoms with van der Waals surface area (Å²) in [5, 5.41) is 20.7. The summed E-state index contributed by atoms with van der Waals surface area (Å²) in [4.78, 5) is 0. The minimum absolute atomic E-state index is 0.110. The molecule has 0 spiro atoms. The fourth-order valence-electron chi connectivity index (χ4n) is 5.11. The van der Waals surface area contributed by atoms with Crippen molar-refractivity contribution >= 4 is 0 Å². The van der Waals surface area contributed by atoms with Crippen molar-refractivity contribution in [2.75, 3.05) is 6.61 Å². The van der Waals surface area contributed by atoms with Crippen molar-refractivity contribution < 1.29 is 14.9 Å². The minimum atomic E-state index is -0.567. The van der Waals surface area contributed by atoms with Crippen molar-refractivity contribution in [3.63, 3.8) is 0 Å². The Balaban J connectivity index is 1.89. The Morgan fingerprint density at radius 1 is 1.23 bits per heavy atom. The van der Waals surface area contributed by atoms with Gasteiger partial charge in [-0.1, -0.05) is 27.2 Å². The molecule has 5 atom stereocenters. The zero-order valence-corrected chi connectivity index (χ0v) is 15.0. The first kappa shape index (κ1) is 18.2. The highest BCUT2D eigenvalue weighted by molar-refractivity contribution is 5.02. The SMILES string of the molecule is CCC(O)(CC)CCOC(C)C1CCC2C(O)CCCC21C. The van der Waals surface area contributed by atoms with Gasteiger partial charge in [-0.3, -0.25) is 0 Å². The number of hydrogen-bond acceptors (Lipinski definition) is 3. The van der Waals surface area contributed by atoms with E-state index in [1.807, 2.05) is 13.8 Å². The van der Waals surface area contributed by atoms with E-state index in [0.717, 1.165) is 38.5 Å². The molecule has 0 aromatic rings. The van der Waals surface area contributed by atoms with Crippen LogP contribution in [0.25, 0.3) is 0 Å². The van der Waals surface area contributed by atoms with Crippen molar-refractivity contribution in [2.45, 2.75) is 96.9 Å². The van der Waals surface area contributed by atoms with E-state index in [1.165, 1.54) is 12.8 Å². The predicted octanol–water partition coefficient (Wildman–Crippen LogP) is 3.91. The van der Waals surface area contributed by atoms with Gasteiger partial charge in [0.15, 0.2) is 0 Å². The summed E-state index contributed by atoms with van der Waals surface area (Å²) in [6, 6.07) is 0. The second kappa shape index (κ2) is 7.19. The second-order valence-electron chi connectivity index (χ2n) is 8.01. The summed E-state index contributed by atoms with van der Waals surface area (Å²) in [5.74, 6) is 1.00. The first-order valence-electron chi connectivity index (χ1n) is 9.38. The van der Waals surface area contributed by atoms with Crippen LogP contribution in [0.4, 0.5) is 0 Å². The Morgan fingerprint density at radius 3 is 2.55 bits per heavy atom. The van der Waals surface area contributed by atoms with E-state index in [2.05, 4.69) is 13.8 Å². The summed E-state index contributed by atoms with van der Waals surface area (Å²) in [5.41, 5.74) is -0.328. The molecule has 0 radical (unpaired) electrons. The van der Waals surface area contributed by atoms with Crippen LogP contribution in [0.15, 0.2) is 0 Å². The van der Waals surface area contributed by atoms with Crippen molar-refractivity contribution in [2.24, 2.45) is 17.3 Å². The minimum Gasteiger partial charge on any atom is -0.393 e. The third-order valence-electron chi connectivity index (χ3n) is 6.99. The highest BCUT2D eigenvalue weighted by Gasteiger charge is 2.52. The lowest BCUT2D eigenvalue weighted by molar-refractivity contribution is -0.0770. The molecule has 3 heteroatoms. The molecule has 2 fully saturated rings. The molecule has 2 aliphatic rings. The van der Waals surface area contributed by atoms with E-state index in [0.29, 0.717) is 18.4 Å². The molecule has 3 nitrogen and oxygen atoms in total. The van der Waals surface area contributed by atoms with Crippen LogP contribution in [0.3, 0.4) is 0 Å². The van der Waals surface area contributed by atoms with Crippen molar-refractivity contribution in [1.82, 2.24) is 0 Å². The molecule has 2 aliphatic carbocycles. The van der Waals surface area contributed by atoms with Gasteiger partial charge < -0.3 is 14.9 Å². The molecule has 0 aliphatic heterocycles. The molecule has 0 amide bonds. The lowest BCUT2D eigenvalue weighted by Crippen LogP contribution is -2.43. The highest BCUT2D eigenvalue weighted by Crippen LogP contribution is 2.56. The first-order valence-corrected chi connectivity index (χ1v) is 9.38. The van der Waals surface area contributed by atoms with Gasteiger partial charge in [0.1, 0.15) is 0 Å². The summed E-state index contributed by atoms with van der Waals surface area (Å²) < 4.78 is 6.13. The Kier molecular flexibility index (Phi) is 5.95. The van der Waals surface area contributed by atoms with Gasteiger partial charge in [-0.15, -0.1) is 0 Å². The Labute approximate surface area is 136 Å². The van der Waals surface area contributed by atoms with Crippen LogP contribution < -0.4 is 0 Å². The molecule has 0 aromatic carbocycles. The van der Waals surface area contributed by atoms with Crippen LogP contribution >= 0.6 is 0 Å². The fourth-order valence-corrected chi connectivity index (χ4v) is 5.11. The Morgan fingerprint density at radius 2 is 1.91 bits per heavy atom. The van der Waals surface area contributed by atoms with Crippen LogP contribution in [0.1, 0.15) is 79.1 Å². The molecule has 2 N–H and O–H groups in total. The van der Waals surface area contributed by atoms with E-state index in [-0.39, 0.29) is 17.6 Å². The van der Waals surface area contributed by atoms with Crippen LogP contribution in [0, 0.1) is 17.3 Å². The Bertz CT molecular complexity index is 353. The molecule has 0 aromatic heterocycles. The van der Waals surface area contributed by atoms with Crippen molar-refractivity contribution in [1.29, 1.82) is 0 Å². The Hall–Kier alpha value is -0.120. The van der Waals surface area contributed by atoms with Gasteiger partial charge >= 0.3 is 0 Å². The zero-order valence-electron chi connectivity index (χ0n) is 15.0. The van der Waals surface area contributed by atoms with Crippen molar-refractivity contribution in [3.05, 3.63) is 0 Å². The van der Waals surface area contributed by atoms with Crippen LogP contribution in [0.5, 0.6) is 0 Å². The van der Waals surface area contributed by atoms with Crippen LogP contribution in [-0.2, 0) is 4.74 Å². The van der Waals surface area contributed by atoms with E-state index < -0.39 is 5.60 Å². The number of aliphatic hydroxyl groups is 2. The standard InChI is InChI=1S/C19H36O3/c1-5-19(21,6-2)12-13-22-14(3)15-9-10-16-17(20)8-7-11-18(15,16)4/h14-17,20-21H,5-13H2,1-4H3. The van der Waals surface area contributed by atoms with E-state index in [9.17, 15) is 10.2 Å². The van der Waals surface area contributed by atoms with Gasteiger partial charge in [-0.05, 0) is 69.1 Å². The number of aliphatic hydroxyl groups excluding tert-OH is 1. The average Bonchev–Trinajstić information content (AvgIpc) is 2.85. The predicted molar refractivity (Wildman–Crippen MR) is 89.7 cm³/mol. The van der Waals surface area contributed by atoms with Gasteiger partial charge in [0, 0.05) is 6.61 Å². The van der Waals surface area contributed by atoms with E-state index in [4.69, 9.17) is 4.74 Å². The number of hydrogen-bond donors (Lipinski definition) is 2. The maximum absolute atomic E-state index is 10.4. The molecule has 0 bridgehead atoms. The van der Waals surface area contributed by atoms with E-state index in [1.54, 1.807) is 0 Å². The molecular weight excluding hydrogens is 276 g/mol. The monoisotopic (exact) mass is 312 g/mol. The summed E-state index contributed by atoms with van der Waals surface area (Å²) in [6.07, 6.45) is 8.06. The van der Waals surface area contributed by atoms with Crippen LogP contribution in [-0.4, -0.2) is 34.6 Å². The van der Waals surface area contributed by atoms with Gasteiger partial charge in [0.05, 0.1) is 17.8 Å².